The van der Waals surface area contributed by atoms with Gasteiger partial charge in [-0.1, -0.05) is 48.5 Å². The van der Waals surface area contributed by atoms with E-state index in [0.29, 0.717) is 5.69 Å². The number of carbonyl (C=O) groups is 1. The molecule has 1 aliphatic heterocycles. The number of ether oxygens (including phenoxy) is 1. The van der Waals surface area contributed by atoms with Crippen LogP contribution in [0.15, 0.2) is 60.7 Å². The lowest BCUT2D eigenvalue weighted by Gasteiger charge is -2.26. The number of hydrogen-bond acceptors (Lipinski definition) is 3. The Bertz CT molecular complexity index is 904. The molecular formula is C24H29N3O2. The number of hydrogen-bond donors (Lipinski definition) is 1. The second kappa shape index (κ2) is 9.25. The Morgan fingerprint density at radius 2 is 1.83 bits per heavy atom. The molecule has 5 nitrogen and oxygen atoms in total. The van der Waals surface area contributed by atoms with E-state index in [0.717, 1.165) is 56.5 Å². The van der Waals surface area contributed by atoms with E-state index in [4.69, 9.17) is 4.74 Å². The zero-order chi connectivity index (χ0) is 20.1. The van der Waals surface area contributed by atoms with Crippen LogP contribution in [0.4, 0.5) is 0 Å². The summed E-state index contributed by atoms with van der Waals surface area (Å²) < 4.78 is 5.75. The van der Waals surface area contributed by atoms with Crippen molar-refractivity contribution in [1.82, 2.24) is 14.8 Å². The molecule has 0 radical (unpaired) electrons. The predicted octanol–water partition coefficient (Wildman–Crippen LogP) is 3.57. The molecule has 2 heterocycles. The Hall–Kier alpha value is -2.63. The first kappa shape index (κ1) is 19.7. The van der Waals surface area contributed by atoms with Crippen LogP contribution in [0.5, 0.6) is 0 Å². The third-order valence-corrected chi connectivity index (χ3v) is 5.74. The number of amides is 1. The molecule has 1 aliphatic rings. The van der Waals surface area contributed by atoms with Gasteiger partial charge in [-0.05, 0) is 37.1 Å². The van der Waals surface area contributed by atoms with Gasteiger partial charge in [0.25, 0.3) is 5.91 Å². The molecule has 1 aromatic heterocycles. The summed E-state index contributed by atoms with van der Waals surface area (Å²) in [6, 6.07) is 20.5. The highest BCUT2D eigenvalue weighted by Gasteiger charge is 2.23. The fraction of sp³-hybridized carbons (Fsp3) is 0.375. The number of fused-ring (bicyclic) bond motifs is 1. The van der Waals surface area contributed by atoms with Gasteiger partial charge >= 0.3 is 0 Å². The van der Waals surface area contributed by atoms with Gasteiger partial charge in [0.15, 0.2) is 0 Å². The lowest BCUT2D eigenvalue weighted by Crippen LogP contribution is -2.38. The maximum atomic E-state index is 13.0. The number of aromatic amines is 1. The van der Waals surface area contributed by atoms with E-state index in [9.17, 15) is 4.79 Å². The molecule has 29 heavy (non-hydrogen) atoms. The lowest BCUT2D eigenvalue weighted by atomic mass is 10.1. The topological polar surface area (TPSA) is 48.6 Å². The smallest absolute Gasteiger partial charge is 0.270 e. The summed E-state index contributed by atoms with van der Waals surface area (Å²) in [4.78, 5) is 20.7. The standard InChI is InChI=1S/C24H29N3O2/c1-29-21(16-19-8-3-2-4-9-19)18-26-12-7-13-27(15-14-26)24(28)23-17-20-10-5-6-11-22(20)25-23/h2-6,8-11,17,21,25H,7,12-16,18H2,1H3. The molecule has 0 saturated carbocycles. The fourth-order valence-corrected chi connectivity index (χ4v) is 4.10. The van der Waals surface area contributed by atoms with Crippen LogP contribution < -0.4 is 0 Å². The van der Waals surface area contributed by atoms with E-state index in [1.165, 1.54) is 5.56 Å². The van der Waals surface area contributed by atoms with Crippen LogP contribution >= 0.6 is 0 Å². The van der Waals surface area contributed by atoms with Crippen LogP contribution in [0.25, 0.3) is 10.9 Å². The number of rotatable bonds is 6. The molecular weight excluding hydrogens is 362 g/mol. The SMILES string of the molecule is COC(Cc1ccccc1)CN1CCCN(C(=O)c2cc3ccccc3[nH]2)CC1. The third kappa shape index (κ3) is 4.86. The van der Waals surface area contributed by atoms with E-state index in [2.05, 4.69) is 34.1 Å². The molecule has 2 aromatic carbocycles. The summed E-state index contributed by atoms with van der Waals surface area (Å²) >= 11 is 0. The molecule has 5 heteroatoms. The molecule has 1 unspecified atom stereocenters. The van der Waals surface area contributed by atoms with E-state index in [1.54, 1.807) is 7.11 Å². The molecule has 1 atom stereocenters. The molecule has 1 fully saturated rings. The minimum absolute atomic E-state index is 0.0932. The van der Waals surface area contributed by atoms with Crippen LogP contribution in [0.1, 0.15) is 22.5 Å². The van der Waals surface area contributed by atoms with E-state index in [-0.39, 0.29) is 12.0 Å². The second-order valence-corrected chi connectivity index (χ2v) is 7.76. The molecule has 0 spiro atoms. The Kier molecular flexibility index (Phi) is 6.27. The van der Waals surface area contributed by atoms with Gasteiger partial charge in [-0.25, -0.2) is 0 Å². The van der Waals surface area contributed by atoms with Crippen molar-refractivity contribution in [2.24, 2.45) is 0 Å². The van der Waals surface area contributed by atoms with Gasteiger partial charge in [-0.3, -0.25) is 9.69 Å². The largest absolute Gasteiger partial charge is 0.380 e. The molecule has 1 amide bonds. The zero-order valence-corrected chi connectivity index (χ0v) is 17.0. The first-order chi connectivity index (χ1) is 14.2. The molecule has 4 rings (SSSR count). The average molecular weight is 392 g/mol. The van der Waals surface area contributed by atoms with Crippen LogP contribution in [0, 0.1) is 0 Å². The van der Waals surface area contributed by atoms with E-state index >= 15 is 0 Å². The van der Waals surface area contributed by atoms with Gasteiger partial charge in [0.2, 0.25) is 0 Å². The summed E-state index contributed by atoms with van der Waals surface area (Å²) in [5.74, 6) is 0.0932. The van der Waals surface area contributed by atoms with Gasteiger partial charge in [0, 0.05) is 44.2 Å². The minimum atomic E-state index is 0.0932. The van der Waals surface area contributed by atoms with Gasteiger partial charge in [-0.2, -0.15) is 0 Å². The number of methoxy groups -OCH3 is 1. The summed E-state index contributed by atoms with van der Waals surface area (Å²) in [6.45, 7) is 4.29. The first-order valence-electron chi connectivity index (χ1n) is 10.4. The Morgan fingerprint density at radius 3 is 2.62 bits per heavy atom. The van der Waals surface area contributed by atoms with E-state index < -0.39 is 0 Å². The van der Waals surface area contributed by atoms with Crippen molar-refractivity contribution in [3.63, 3.8) is 0 Å². The maximum absolute atomic E-state index is 13.0. The summed E-state index contributed by atoms with van der Waals surface area (Å²) in [6.07, 6.45) is 2.05. The highest BCUT2D eigenvalue weighted by atomic mass is 16.5. The molecule has 1 saturated heterocycles. The van der Waals surface area contributed by atoms with Crippen molar-refractivity contribution in [2.75, 3.05) is 39.8 Å². The lowest BCUT2D eigenvalue weighted by molar-refractivity contribution is 0.0636. The molecule has 3 aromatic rings. The van der Waals surface area contributed by atoms with Crippen LogP contribution in [-0.4, -0.2) is 66.6 Å². The van der Waals surface area contributed by atoms with Crippen molar-refractivity contribution in [2.45, 2.75) is 18.9 Å². The zero-order valence-electron chi connectivity index (χ0n) is 17.0. The number of para-hydroxylation sites is 1. The van der Waals surface area contributed by atoms with Crippen molar-refractivity contribution < 1.29 is 9.53 Å². The highest BCUT2D eigenvalue weighted by molar-refractivity contribution is 5.98. The number of aromatic nitrogens is 1. The van der Waals surface area contributed by atoms with Crippen molar-refractivity contribution >= 4 is 16.8 Å². The summed E-state index contributed by atoms with van der Waals surface area (Å²) in [7, 11) is 1.79. The van der Waals surface area contributed by atoms with Gasteiger partial charge in [0.1, 0.15) is 5.69 Å². The first-order valence-corrected chi connectivity index (χ1v) is 10.4. The number of benzene rings is 2. The van der Waals surface area contributed by atoms with Crippen molar-refractivity contribution in [3.05, 3.63) is 71.9 Å². The van der Waals surface area contributed by atoms with Gasteiger partial charge in [-0.15, -0.1) is 0 Å². The number of carbonyl (C=O) groups excluding carboxylic acids is 1. The quantitative estimate of drug-likeness (QED) is 0.699. The third-order valence-electron chi connectivity index (χ3n) is 5.74. The molecule has 0 aliphatic carbocycles. The number of nitrogens with one attached hydrogen (secondary N) is 1. The van der Waals surface area contributed by atoms with Crippen LogP contribution in [0.2, 0.25) is 0 Å². The highest BCUT2D eigenvalue weighted by Crippen LogP contribution is 2.17. The maximum Gasteiger partial charge on any atom is 0.270 e. The van der Waals surface area contributed by atoms with Crippen molar-refractivity contribution in [1.29, 1.82) is 0 Å². The van der Waals surface area contributed by atoms with Crippen LogP contribution in [0.3, 0.4) is 0 Å². The second-order valence-electron chi connectivity index (χ2n) is 7.76. The number of nitrogens with zero attached hydrogens (tertiary/aromatic N) is 2. The summed E-state index contributed by atoms with van der Waals surface area (Å²) in [5.41, 5.74) is 2.99. The normalized spacial score (nSPS) is 16.7. The van der Waals surface area contributed by atoms with Crippen molar-refractivity contribution in [3.8, 4) is 0 Å². The van der Waals surface area contributed by atoms with Crippen LogP contribution in [-0.2, 0) is 11.2 Å². The Labute approximate surface area is 172 Å². The fourth-order valence-electron chi connectivity index (χ4n) is 4.10. The molecule has 152 valence electrons. The Morgan fingerprint density at radius 1 is 1.03 bits per heavy atom. The average Bonchev–Trinajstić information content (AvgIpc) is 3.06. The molecule has 1 N–H and O–H groups in total. The van der Waals surface area contributed by atoms with E-state index in [1.807, 2.05) is 41.3 Å². The van der Waals surface area contributed by atoms with Gasteiger partial charge in [0.05, 0.1) is 6.10 Å². The monoisotopic (exact) mass is 391 g/mol. The summed E-state index contributed by atoms with van der Waals surface area (Å²) in [5, 5.41) is 1.08. The number of H-pyrrole nitrogens is 1. The Balaban J connectivity index is 1.35. The predicted molar refractivity (Wildman–Crippen MR) is 116 cm³/mol. The van der Waals surface area contributed by atoms with Gasteiger partial charge < -0.3 is 14.6 Å². The molecule has 0 bridgehead atoms. The minimum Gasteiger partial charge on any atom is -0.380 e.